The average Bonchev–Trinajstić information content (AvgIpc) is 2.37. The minimum atomic E-state index is -1.01. The van der Waals surface area contributed by atoms with Crippen LogP contribution < -0.4 is 4.74 Å². The topological polar surface area (TPSA) is 66.8 Å². The molecule has 0 aromatic heterocycles. The second-order valence-electron chi connectivity index (χ2n) is 4.92. The number of rotatable bonds is 7. The van der Waals surface area contributed by atoms with Gasteiger partial charge in [0, 0.05) is 6.04 Å². The van der Waals surface area contributed by atoms with E-state index in [-0.39, 0.29) is 31.5 Å². The molecule has 0 unspecified atom stereocenters. The molecule has 0 saturated carbocycles. The number of hydrogen-bond acceptors (Lipinski definition) is 3. The molecule has 0 aliphatic rings. The molecule has 0 bridgehead atoms. The van der Waals surface area contributed by atoms with E-state index in [0.29, 0.717) is 5.75 Å². The van der Waals surface area contributed by atoms with E-state index in [1.165, 1.54) is 4.90 Å². The van der Waals surface area contributed by atoms with Crippen LogP contribution in [0, 0.1) is 6.92 Å². The Balaban J connectivity index is 2.44. The van der Waals surface area contributed by atoms with Gasteiger partial charge in [0.25, 0.3) is 0 Å². The molecule has 1 rings (SSSR count). The summed E-state index contributed by atoms with van der Waals surface area (Å²) in [6.07, 6.45) is 0.166. The number of carboxylic acid groups (broad SMARTS) is 1. The fourth-order valence-electron chi connectivity index (χ4n) is 1.74. The van der Waals surface area contributed by atoms with Gasteiger partial charge in [-0.2, -0.15) is 0 Å². The molecule has 5 nitrogen and oxygen atoms in total. The molecule has 0 aliphatic carbocycles. The molecule has 110 valence electrons. The molecule has 0 spiro atoms. The first kappa shape index (κ1) is 16.0. The first-order valence-corrected chi connectivity index (χ1v) is 6.61. The number of hydrogen-bond donors (Lipinski definition) is 1. The van der Waals surface area contributed by atoms with Crippen molar-refractivity contribution < 1.29 is 19.4 Å². The van der Waals surface area contributed by atoms with Crippen LogP contribution in [0.2, 0.25) is 0 Å². The zero-order valence-corrected chi connectivity index (χ0v) is 12.1. The van der Waals surface area contributed by atoms with Gasteiger partial charge in [-0.05, 0) is 32.9 Å². The smallest absolute Gasteiger partial charge is 0.323 e. The molecular formula is C15H21NO4. The first-order chi connectivity index (χ1) is 9.40. The number of benzene rings is 1. The third kappa shape index (κ3) is 5.30. The largest absolute Gasteiger partial charge is 0.493 e. The number of nitrogens with zero attached hydrogens (tertiary/aromatic N) is 1. The lowest BCUT2D eigenvalue weighted by Crippen LogP contribution is -2.41. The molecule has 0 aliphatic heterocycles. The molecule has 0 saturated heterocycles. The van der Waals surface area contributed by atoms with Gasteiger partial charge < -0.3 is 14.7 Å². The van der Waals surface area contributed by atoms with Crippen molar-refractivity contribution in [2.24, 2.45) is 0 Å². The van der Waals surface area contributed by atoms with Crippen LogP contribution in [-0.2, 0) is 9.59 Å². The van der Waals surface area contributed by atoms with E-state index in [2.05, 4.69) is 0 Å². The normalized spacial score (nSPS) is 10.4. The quantitative estimate of drug-likeness (QED) is 0.830. The van der Waals surface area contributed by atoms with Crippen molar-refractivity contribution in [1.29, 1.82) is 0 Å². The minimum absolute atomic E-state index is 0.141. The molecule has 0 radical (unpaired) electrons. The predicted octanol–water partition coefficient (Wildman–Crippen LogP) is 2.09. The van der Waals surface area contributed by atoms with Crippen molar-refractivity contribution in [3.05, 3.63) is 29.8 Å². The zero-order chi connectivity index (χ0) is 15.1. The number of ether oxygens (including phenoxy) is 1. The maximum absolute atomic E-state index is 11.9. The van der Waals surface area contributed by atoms with Crippen molar-refractivity contribution in [3.8, 4) is 5.75 Å². The third-order valence-corrected chi connectivity index (χ3v) is 2.85. The number of aryl methyl sites for hydroxylation is 1. The fourth-order valence-corrected chi connectivity index (χ4v) is 1.74. The number of aliphatic carboxylic acids is 1. The Morgan fingerprint density at radius 3 is 2.35 bits per heavy atom. The summed E-state index contributed by atoms with van der Waals surface area (Å²) in [6, 6.07) is 7.41. The Bertz CT molecular complexity index is 453. The van der Waals surface area contributed by atoms with Crippen LogP contribution in [-0.4, -0.2) is 41.1 Å². The van der Waals surface area contributed by atoms with E-state index in [9.17, 15) is 9.59 Å². The lowest BCUT2D eigenvalue weighted by molar-refractivity contribution is -0.146. The Morgan fingerprint density at radius 1 is 1.25 bits per heavy atom. The number of amides is 1. The molecule has 1 aromatic rings. The second-order valence-corrected chi connectivity index (χ2v) is 4.92. The maximum Gasteiger partial charge on any atom is 0.323 e. The molecule has 1 amide bonds. The maximum atomic E-state index is 11.9. The SMILES string of the molecule is Cc1ccc(OCCC(=O)N(CC(=O)O)C(C)C)cc1. The Hall–Kier alpha value is -2.04. The van der Waals surface area contributed by atoms with Crippen LogP contribution in [0.4, 0.5) is 0 Å². The average molecular weight is 279 g/mol. The summed E-state index contributed by atoms with van der Waals surface area (Å²) in [4.78, 5) is 24.0. The molecule has 0 atom stereocenters. The van der Waals surface area contributed by atoms with Crippen LogP contribution in [0.5, 0.6) is 5.75 Å². The van der Waals surface area contributed by atoms with Gasteiger partial charge in [0.1, 0.15) is 12.3 Å². The summed E-state index contributed by atoms with van der Waals surface area (Å²) >= 11 is 0. The van der Waals surface area contributed by atoms with Gasteiger partial charge in [-0.1, -0.05) is 17.7 Å². The van der Waals surface area contributed by atoms with Gasteiger partial charge in [0.2, 0.25) is 5.91 Å². The van der Waals surface area contributed by atoms with Gasteiger partial charge >= 0.3 is 5.97 Å². The van der Waals surface area contributed by atoms with E-state index in [1.54, 1.807) is 13.8 Å². The van der Waals surface area contributed by atoms with Crippen molar-refractivity contribution in [3.63, 3.8) is 0 Å². The Kier molecular flexibility index (Phi) is 6.03. The van der Waals surface area contributed by atoms with Crippen LogP contribution in [0.15, 0.2) is 24.3 Å². The molecular weight excluding hydrogens is 258 g/mol. The monoisotopic (exact) mass is 279 g/mol. The summed E-state index contributed by atoms with van der Waals surface area (Å²) in [7, 11) is 0. The van der Waals surface area contributed by atoms with Crippen molar-refractivity contribution >= 4 is 11.9 Å². The highest BCUT2D eigenvalue weighted by Gasteiger charge is 2.19. The molecule has 1 aromatic carbocycles. The Labute approximate surface area is 119 Å². The highest BCUT2D eigenvalue weighted by Crippen LogP contribution is 2.12. The van der Waals surface area contributed by atoms with Crippen molar-refractivity contribution in [2.45, 2.75) is 33.2 Å². The number of carbonyl (C=O) groups excluding carboxylic acids is 1. The van der Waals surface area contributed by atoms with E-state index >= 15 is 0 Å². The van der Waals surface area contributed by atoms with E-state index in [1.807, 2.05) is 31.2 Å². The molecule has 20 heavy (non-hydrogen) atoms. The lowest BCUT2D eigenvalue weighted by atomic mass is 10.2. The predicted molar refractivity (Wildman–Crippen MR) is 75.8 cm³/mol. The van der Waals surface area contributed by atoms with Crippen LogP contribution in [0.3, 0.4) is 0 Å². The fraction of sp³-hybridized carbons (Fsp3) is 0.467. The van der Waals surface area contributed by atoms with Crippen molar-refractivity contribution in [2.75, 3.05) is 13.2 Å². The van der Waals surface area contributed by atoms with Crippen LogP contribution in [0.25, 0.3) is 0 Å². The minimum Gasteiger partial charge on any atom is -0.493 e. The van der Waals surface area contributed by atoms with Crippen molar-refractivity contribution in [1.82, 2.24) is 4.90 Å². The van der Waals surface area contributed by atoms with Crippen LogP contribution in [0.1, 0.15) is 25.8 Å². The summed E-state index contributed by atoms with van der Waals surface area (Å²) in [5, 5.41) is 8.79. The van der Waals surface area contributed by atoms with Gasteiger partial charge in [-0.15, -0.1) is 0 Å². The van der Waals surface area contributed by atoms with E-state index in [4.69, 9.17) is 9.84 Å². The number of carbonyl (C=O) groups is 2. The Morgan fingerprint density at radius 2 is 1.85 bits per heavy atom. The standard InChI is InChI=1S/C15H21NO4/c1-11(2)16(10-15(18)19)14(17)8-9-20-13-6-4-12(3)5-7-13/h4-7,11H,8-10H2,1-3H3,(H,18,19). The van der Waals surface area contributed by atoms with E-state index < -0.39 is 5.97 Å². The lowest BCUT2D eigenvalue weighted by Gasteiger charge is -2.24. The molecule has 5 heteroatoms. The summed E-state index contributed by atoms with van der Waals surface area (Å²) in [5.74, 6) is -0.515. The summed E-state index contributed by atoms with van der Waals surface area (Å²) in [5.41, 5.74) is 1.14. The molecule has 0 fully saturated rings. The summed E-state index contributed by atoms with van der Waals surface area (Å²) in [6.45, 7) is 5.54. The first-order valence-electron chi connectivity index (χ1n) is 6.61. The van der Waals surface area contributed by atoms with E-state index in [0.717, 1.165) is 5.56 Å². The van der Waals surface area contributed by atoms with Crippen LogP contribution >= 0.6 is 0 Å². The van der Waals surface area contributed by atoms with Gasteiger partial charge in [0.15, 0.2) is 0 Å². The molecule has 0 heterocycles. The van der Waals surface area contributed by atoms with Gasteiger partial charge in [-0.3, -0.25) is 9.59 Å². The highest BCUT2D eigenvalue weighted by atomic mass is 16.5. The second kappa shape index (κ2) is 7.53. The van der Waals surface area contributed by atoms with Gasteiger partial charge in [-0.25, -0.2) is 0 Å². The molecule has 1 N–H and O–H groups in total. The zero-order valence-electron chi connectivity index (χ0n) is 12.1. The van der Waals surface area contributed by atoms with Gasteiger partial charge in [0.05, 0.1) is 13.0 Å². The third-order valence-electron chi connectivity index (χ3n) is 2.85. The summed E-state index contributed by atoms with van der Waals surface area (Å²) < 4.78 is 5.47. The highest BCUT2D eigenvalue weighted by molar-refractivity contribution is 5.81. The number of carboxylic acids is 1.